The molecule has 68 valence electrons. The number of rotatable bonds is 4. The van der Waals surface area contributed by atoms with Crippen LogP contribution in [0.1, 0.15) is 40.5 Å². The second-order valence-electron chi connectivity index (χ2n) is 4.06. The first-order chi connectivity index (χ1) is 4.83. The van der Waals surface area contributed by atoms with E-state index in [1.54, 1.807) is 0 Å². The molecule has 0 fully saturated rings. The molecule has 0 saturated heterocycles. The van der Waals surface area contributed by atoms with Gasteiger partial charge in [0.15, 0.2) is 0 Å². The van der Waals surface area contributed by atoms with Crippen LogP contribution >= 0.6 is 0 Å². The first kappa shape index (κ1) is 10.9. The molecule has 0 amide bonds. The Balaban J connectivity index is 4.02. The van der Waals surface area contributed by atoms with Gasteiger partial charge >= 0.3 is 0 Å². The molecule has 0 aliphatic heterocycles. The van der Waals surface area contributed by atoms with E-state index in [4.69, 9.17) is 5.84 Å². The number of aliphatic hydroxyl groups is 1. The molecular weight excluding hydrogens is 140 g/mol. The molecule has 0 aromatic heterocycles. The Morgan fingerprint density at radius 1 is 1.36 bits per heavy atom. The van der Waals surface area contributed by atoms with Gasteiger partial charge in [-0.3, -0.25) is 11.3 Å². The summed E-state index contributed by atoms with van der Waals surface area (Å²) in [4.78, 5) is 0. The predicted octanol–water partition coefficient (Wildman–Crippen LogP) is 0.779. The quantitative estimate of drug-likeness (QED) is 0.421. The third-order valence-electron chi connectivity index (χ3n) is 1.98. The van der Waals surface area contributed by atoms with E-state index in [-0.39, 0.29) is 5.54 Å². The highest BCUT2D eigenvalue weighted by Gasteiger charge is 2.27. The molecule has 0 aromatic rings. The van der Waals surface area contributed by atoms with Gasteiger partial charge in [0.25, 0.3) is 0 Å². The van der Waals surface area contributed by atoms with Crippen LogP contribution in [0.5, 0.6) is 0 Å². The summed E-state index contributed by atoms with van der Waals surface area (Å²) in [6.07, 6.45) is 1.41. The van der Waals surface area contributed by atoms with E-state index >= 15 is 0 Å². The topological polar surface area (TPSA) is 58.3 Å². The van der Waals surface area contributed by atoms with Gasteiger partial charge in [-0.15, -0.1) is 0 Å². The van der Waals surface area contributed by atoms with E-state index in [9.17, 15) is 5.11 Å². The van der Waals surface area contributed by atoms with Crippen molar-refractivity contribution < 1.29 is 5.11 Å². The van der Waals surface area contributed by atoms with Gasteiger partial charge in [0.1, 0.15) is 0 Å². The summed E-state index contributed by atoms with van der Waals surface area (Å²) in [7, 11) is 0. The van der Waals surface area contributed by atoms with Crippen molar-refractivity contribution in [1.82, 2.24) is 5.43 Å². The molecule has 3 heteroatoms. The van der Waals surface area contributed by atoms with Crippen LogP contribution in [0.4, 0.5) is 0 Å². The number of nitrogens with one attached hydrogen (secondary N) is 1. The van der Waals surface area contributed by atoms with Crippen LogP contribution < -0.4 is 11.3 Å². The van der Waals surface area contributed by atoms with Gasteiger partial charge in [-0.2, -0.15) is 0 Å². The Morgan fingerprint density at radius 3 is 2.09 bits per heavy atom. The van der Waals surface area contributed by atoms with Gasteiger partial charge < -0.3 is 5.11 Å². The molecule has 0 saturated carbocycles. The zero-order valence-electron chi connectivity index (χ0n) is 7.94. The van der Waals surface area contributed by atoms with Crippen molar-refractivity contribution in [3.8, 4) is 0 Å². The highest BCUT2D eigenvalue weighted by atomic mass is 16.3. The van der Waals surface area contributed by atoms with Crippen molar-refractivity contribution >= 4 is 0 Å². The normalized spacial score (nSPS) is 18.0. The van der Waals surface area contributed by atoms with E-state index in [0.717, 1.165) is 6.42 Å². The zero-order valence-corrected chi connectivity index (χ0v) is 7.94. The second kappa shape index (κ2) is 3.52. The fourth-order valence-corrected chi connectivity index (χ4v) is 1.13. The van der Waals surface area contributed by atoms with Gasteiger partial charge in [-0.25, -0.2) is 0 Å². The Labute approximate surface area is 68.9 Å². The second-order valence-corrected chi connectivity index (χ2v) is 4.06. The lowest BCUT2D eigenvalue weighted by atomic mass is 9.87. The maximum absolute atomic E-state index is 9.69. The Bertz CT molecular complexity index is 107. The van der Waals surface area contributed by atoms with Crippen molar-refractivity contribution in [1.29, 1.82) is 0 Å². The fraction of sp³-hybridized carbons (Fsp3) is 1.00. The van der Waals surface area contributed by atoms with Crippen molar-refractivity contribution in [3.63, 3.8) is 0 Å². The van der Waals surface area contributed by atoms with E-state index < -0.39 is 5.60 Å². The molecular formula is C8H20N2O. The summed E-state index contributed by atoms with van der Waals surface area (Å²) in [5.41, 5.74) is 1.86. The number of nitrogens with two attached hydrogens (primary N) is 1. The molecule has 0 aromatic carbocycles. The lowest BCUT2D eigenvalue weighted by Gasteiger charge is -2.32. The van der Waals surface area contributed by atoms with E-state index in [1.807, 2.05) is 27.7 Å². The first-order valence-electron chi connectivity index (χ1n) is 4.03. The first-order valence-corrected chi connectivity index (χ1v) is 4.03. The summed E-state index contributed by atoms with van der Waals surface area (Å²) in [5, 5.41) is 9.69. The number of hydrogen-bond acceptors (Lipinski definition) is 3. The molecule has 3 nitrogen and oxygen atoms in total. The maximum Gasteiger partial charge on any atom is 0.0635 e. The summed E-state index contributed by atoms with van der Waals surface area (Å²) < 4.78 is 0. The fourth-order valence-electron chi connectivity index (χ4n) is 1.13. The molecule has 0 radical (unpaired) electrons. The lowest BCUT2D eigenvalue weighted by Crippen LogP contribution is -2.49. The monoisotopic (exact) mass is 160 g/mol. The third-order valence-corrected chi connectivity index (χ3v) is 1.98. The predicted molar refractivity (Wildman–Crippen MR) is 46.9 cm³/mol. The SMILES string of the molecule is CCC(C)(O)CC(C)(C)NN. The molecule has 1 unspecified atom stereocenters. The van der Waals surface area contributed by atoms with Gasteiger partial charge in [0.2, 0.25) is 0 Å². The summed E-state index contributed by atoms with van der Waals surface area (Å²) in [6, 6.07) is 0. The van der Waals surface area contributed by atoms with Crippen LogP contribution in [0.25, 0.3) is 0 Å². The van der Waals surface area contributed by atoms with Crippen molar-refractivity contribution in [2.75, 3.05) is 0 Å². The Hall–Kier alpha value is -0.120. The van der Waals surface area contributed by atoms with Crippen molar-refractivity contribution in [3.05, 3.63) is 0 Å². The molecule has 0 aliphatic rings. The summed E-state index contributed by atoms with van der Waals surface area (Å²) in [5.74, 6) is 5.31. The molecule has 0 spiro atoms. The highest BCUT2D eigenvalue weighted by molar-refractivity contribution is 4.84. The van der Waals surface area contributed by atoms with Crippen LogP contribution in [0, 0.1) is 0 Å². The number of hydrazine groups is 1. The molecule has 1 atom stereocenters. The minimum absolute atomic E-state index is 0.195. The zero-order chi connectivity index (χ0) is 9.12. The highest BCUT2D eigenvalue weighted by Crippen LogP contribution is 2.21. The van der Waals surface area contributed by atoms with Crippen LogP contribution in [0.15, 0.2) is 0 Å². The minimum atomic E-state index is -0.615. The maximum atomic E-state index is 9.69. The van der Waals surface area contributed by atoms with Crippen LogP contribution in [-0.2, 0) is 0 Å². The molecule has 0 bridgehead atoms. The largest absolute Gasteiger partial charge is 0.390 e. The van der Waals surface area contributed by atoms with Gasteiger partial charge in [-0.1, -0.05) is 6.92 Å². The van der Waals surface area contributed by atoms with Crippen molar-refractivity contribution in [2.24, 2.45) is 5.84 Å². The van der Waals surface area contributed by atoms with E-state index in [2.05, 4.69) is 5.43 Å². The van der Waals surface area contributed by atoms with Gasteiger partial charge in [0.05, 0.1) is 5.60 Å². The average Bonchev–Trinajstić information content (AvgIpc) is 1.86. The number of hydrogen-bond donors (Lipinski definition) is 3. The molecule has 4 N–H and O–H groups in total. The minimum Gasteiger partial charge on any atom is -0.390 e. The van der Waals surface area contributed by atoms with Gasteiger partial charge in [0, 0.05) is 5.54 Å². The standard InChI is InChI=1S/C8H20N2O/c1-5-8(4,11)6-7(2,3)10-9/h10-11H,5-6,9H2,1-4H3. The molecule has 0 rings (SSSR count). The van der Waals surface area contributed by atoms with Crippen LogP contribution in [0.3, 0.4) is 0 Å². The Morgan fingerprint density at radius 2 is 1.82 bits per heavy atom. The third kappa shape index (κ3) is 4.35. The van der Waals surface area contributed by atoms with Crippen molar-refractivity contribution in [2.45, 2.75) is 51.7 Å². The summed E-state index contributed by atoms with van der Waals surface area (Å²) in [6.45, 7) is 7.73. The van der Waals surface area contributed by atoms with E-state index in [1.165, 1.54) is 0 Å². The molecule has 11 heavy (non-hydrogen) atoms. The molecule has 0 aliphatic carbocycles. The van der Waals surface area contributed by atoms with Crippen LogP contribution in [0.2, 0.25) is 0 Å². The molecule has 0 heterocycles. The van der Waals surface area contributed by atoms with Gasteiger partial charge in [-0.05, 0) is 33.6 Å². The average molecular weight is 160 g/mol. The van der Waals surface area contributed by atoms with Crippen LogP contribution in [-0.4, -0.2) is 16.2 Å². The van der Waals surface area contributed by atoms with E-state index in [0.29, 0.717) is 6.42 Å². The smallest absolute Gasteiger partial charge is 0.0635 e. The Kier molecular flexibility index (Phi) is 3.48. The lowest BCUT2D eigenvalue weighted by molar-refractivity contribution is 0.0226. The summed E-state index contributed by atoms with van der Waals surface area (Å²) >= 11 is 0.